The van der Waals surface area contributed by atoms with Crippen molar-refractivity contribution in [2.45, 2.75) is 17.7 Å². The van der Waals surface area contributed by atoms with E-state index in [0.717, 1.165) is 12.1 Å². The molecule has 0 radical (unpaired) electrons. The van der Waals surface area contributed by atoms with E-state index in [2.05, 4.69) is 0 Å². The molecule has 0 amide bonds. The van der Waals surface area contributed by atoms with Crippen molar-refractivity contribution < 1.29 is 17.2 Å². The molecule has 130 valence electrons. The second kappa shape index (κ2) is 6.26. The number of hydrogen-bond acceptors (Lipinski definition) is 4. The summed E-state index contributed by atoms with van der Waals surface area (Å²) < 4.78 is 51.0. The minimum Gasteiger partial charge on any atom is -0.338 e. The molecular weight excluding hydrogens is 372 g/mol. The van der Waals surface area contributed by atoms with Crippen LogP contribution in [0, 0.1) is 23.0 Å². The maximum Gasteiger partial charge on any atom is 0.239 e. The number of anilines is 2. The second-order valence-electron chi connectivity index (χ2n) is 5.58. The number of primary sulfonamides is 1. The van der Waals surface area contributed by atoms with Crippen LogP contribution in [0.3, 0.4) is 0 Å². The normalized spacial score (nSPS) is 14.1. The van der Waals surface area contributed by atoms with Gasteiger partial charge in [0.05, 0.1) is 22.0 Å². The van der Waals surface area contributed by atoms with E-state index < -0.39 is 26.6 Å². The molecule has 0 bridgehead atoms. The van der Waals surface area contributed by atoms with E-state index in [4.69, 9.17) is 16.7 Å². The Balaban J connectivity index is 2.23. The lowest BCUT2D eigenvalue weighted by atomic mass is 10.00. The number of halogens is 3. The summed E-state index contributed by atoms with van der Waals surface area (Å²) in [5.41, 5.74) is 0.601. The molecule has 2 aromatic carbocycles. The molecule has 2 N–H and O–H groups in total. The summed E-state index contributed by atoms with van der Waals surface area (Å²) in [4.78, 5) is 1.12. The van der Waals surface area contributed by atoms with Crippen LogP contribution in [0.5, 0.6) is 0 Å². The van der Waals surface area contributed by atoms with Crippen LogP contribution in [-0.2, 0) is 16.4 Å². The van der Waals surface area contributed by atoms with Crippen molar-refractivity contribution in [3.8, 4) is 6.07 Å². The van der Waals surface area contributed by atoms with Gasteiger partial charge >= 0.3 is 0 Å². The third kappa shape index (κ3) is 3.06. The third-order valence-corrected chi connectivity index (χ3v) is 5.33. The van der Waals surface area contributed by atoms with Gasteiger partial charge in [-0.3, -0.25) is 0 Å². The van der Waals surface area contributed by atoms with Gasteiger partial charge in [-0.2, -0.15) is 5.26 Å². The molecule has 0 aliphatic carbocycles. The summed E-state index contributed by atoms with van der Waals surface area (Å²) in [6, 6.07) is 6.27. The minimum absolute atomic E-state index is 0.148. The number of benzene rings is 2. The Morgan fingerprint density at radius 2 is 2.00 bits per heavy atom. The Morgan fingerprint density at radius 3 is 2.64 bits per heavy atom. The Morgan fingerprint density at radius 1 is 1.28 bits per heavy atom. The molecule has 0 unspecified atom stereocenters. The number of sulfonamides is 1. The van der Waals surface area contributed by atoms with Crippen molar-refractivity contribution in [1.82, 2.24) is 0 Å². The van der Waals surface area contributed by atoms with Crippen molar-refractivity contribution in [2.24, 2.45) is 5.14 Å². The van der Waals surface area contributed by atoms with Crippen molar-refractivity contribution in [1.29, 1.82) is 5.26 Å². The van der Waals surface area contributed by atoms with Crippen LogP contribution in [0.4, 0.5) is 20.2 Å². The molecule has 1 aliphatic heterocycles. The molecule has 25 heavy (non-hydrogen) atoms. The lowest BCUT2D eigenvalue weighted by Gasteiger charge is -2.32. The van der Waals surface area contributed by atoms with E-state index in [1.165, 1.54) is 17.0 Å². The Kier molecular flexibility index (Phi) is 4.41. The van der Waals surface area contributed by atoms with Gasteiger partial charge in [0.2, 0.25) is 10.0 Å². The second-order valence-corrected chi connectivity index (χ2v) is 7.49. The third-order valence-electron chi connectivity index (χ3n) is 4.00. The zero-order chi connectivity index (χ0) is 18.4. The summed E-state index contributed by atoms with van der Waals surface area (Å²) in [6.45, 7) is 0.384. The van der Waals surface area contributed by atoms with Gasteiger partial charge in [-0.05, 0) is 36.6 Å². The Labute approximate surface area is 148 Å². The first-order valence-electron chi connectivity index (χ1n) is 7.25. The number of fused-ring (bicyclic) bond motifs is 1. The van der Waals surface area contributed by atoms with Crippen LogP contribution in [0.1, 0.15) is 17.5 Å². The number of nitrogens with zero attached hydrogens (tertiary/aromatic N) is 2. The van der Waals surface area contributed by atoms with Gasteiger partial charge in [0.25, 0.3) is 0 Å². The number of nitrogens with two attached hydrogens (primary N) is 1. The molecule has 1 heterocycles. The summed E-state index contributed by atoms with van der Waals surface area (Å²) in [5, 5.41) is 14.2. The lowest BCUT2D eigenvalue weighted by Crippen LogP contribution is -2.26. The fourth-order valence-corrected chi connectivity index (χ4v) is 4.04. The molecule has 9 heteroatoms. The van der Waals surface area contributed by atoms with Gasteiger partial charge in [-0.1, -0.05) is 11.6 Å². The summed E-state index contributed by atoms with van der Waals surface area (Å²) in [6.07, 6.45) is 1.11. The zero-order valence-electron chi connectivity index (χ0n) is 12.8. The molecule has 2 aromatic rings. The molecule has 5 nitrogen and oxygen atoms in total. The molecule has 0 aromatic heterocycles. The van der Waals surface area contributed by atoms with E-state index in [9.17, 15) is 22.5 Å². The van der Waals surface area contributed by atoms with Gasteiger partial charge < -0.3 is 4.90 Å². The van der Waals surface area contributed by atoms with E-state index in [0.29, 0.717) is 24.9 Å². The fourth-order valence-electron chi connectivity index (χ4n) is 2.99. The topological polar surface area (TPSA) is 87.2 Å². The van der Waals surface area contributed by atoms with Gasteiger partial charge in [0.15, 0.2) is 0 Å². The van der Waals surface area contributed by atoms with Gasteiger partial charge in [-0.15, -0.1) is 0 Å². The first-order chi connectivity index (χ1) is 11.7. The van der Waals surface area contributed by atoms with Crippen LogP contribution < -0.4 is 10.0 Å². The monoisotopic (exact) mass is 383 g/mol. The van der Waals surface area contributed by atoms with E-state index in [1.807, 2.05) is 0 Å². The van der Waals surface area contributed by atoms with Crippen LogP contribution in [-0.4, -0.2) is 15.0 Å². The van der Waals surface area contributed by atoms with E-state index >= 15 is 0 Å². The predicted octanol–water partition coefficient (Wildman–Crippen LogP) is 3.22. The summed E-state index contributed by atoms with van der Waals surface area (Å²) in [5.74, 6) is -1.42. The van der Waals surface area contributed by atoms with E-state index in [-0.39, 0.29) is 22.0 Å². The minimum atomic E-state index is -4.14. The number of rotatable bonds is 2. The van der Waals surface area contributed by atoms with Gasteiger partial charge in [0.1, 0.15) is 22.6 Å². The van der Waals surface area contributed by atoms with Crippen molar-refractivity contribution in [3.63, 3.8) is 0 Å². The van der Waals surface area contributed by atoms with Crippen LogP contribution >= 0.6 is 11.6 Å². The highest BCUT2D eigenvalue weighted by Crippen LogP contribution is 2.41. The summed E-state index contributed by atoms with van der Waals surface area (Å²) >= 11 is 6.22. The molecule has 3 rings (SSSR count). The molecule has 0 atom stereocenters. The summed E-state index contributed by atoms with van der Waals surface area (Å²) in [7, 11) is -4.14. The SMILES string of the molecule is N#Cc1c(S(N)(=O)=O)ccc(N2CCCc3cc(F)cc(F)c32)c1Cl. The molecule has 0 fully saturated rings. The van der Waals surface area contributed by atoms with Crippen molar-refractivity contribution in [3.05, 3.63) is 52.0 Å². The Bertz CT molecular complexity index is 1020. The number of hydrogen-bond donors (Lipinski definition) is 1. The maximum atomic E-state index is 14.3. The molecule has 1 aliphatic rings. The Hall–Kier alpha value is -2.21. The highest BCUT2D eigenvalue weighted by Gasteiger charge is 2.27. The smallest absolute Gasteiger partial charge is 0.239 e. The van der Waals surface area contributed by atoms with Crippen LogP contribution in [0.25, 0.3) is 0 Å². The van der Waals surface area contributed by atoms with E-state index in [1.54, 1.807) is 6.07 Å². The average molecular weight is 384 g/mol. The average Bonchev–Trinajstić information content (AvgIpc) is 2.52. The quantitative estimate of drug-likeness (QED) is 0.862. The first-order valence-corrected chi connectivity index (χ1v) is 9.17. The number of nitriles is 1. The predicted molar refractivity (Wildman–Crippen MR) is 89.2 cm³/mol. The fraction of sp³-hybridized carbons (Fsp3) is 0.188. The van der Waals surface area contributed by atoms with Crippen LogP contribution in [0.15, 0.2) is 29.2 Å². The highest BCUT2D eigenvalue weighted by molar-refractivity contribution is 7.89. The lowest BCUT2D eigenvalue weighted by molar-refractivity contribution is 0.571. The zero-order valence-corrected chi connectivity index (χ0v) is 14.3. The standard InChI is InChI=1S/C16H12ClF2N3O2S/c17-15-11(8-20)14(25(21,23)24)4-3-13(15)22-5-1-2-9-6-10(18)7-12(19)16(9)22/h3-4,6-7H,1-2,5H2,(H2,21,23,24). The van der Waals surface area contributed by atoms with Crippen molar-refractivity contribution in [2.75, 3.05) is 11.4 Å². The van der Waals surface area contributed by atoms with Crippen molar-refractivity contribution >= 4 is 33.0 Å². The van der Waals surface area contributed by atoms with Gasteiger partial charge in [-0.25, -0.2) is 22.3 Å². The molecule has 0 spiro atoms. The van der Waals surface area contributed by atoms with Crippen LogP contribution in [0.2, 0.25) is 5.02 Å². The molecule has 0 saturated heterocycles. The maximum absolute atomic E-state index is 14.3. The number of aryl methyl sites for hydroxylation is 1. The molecular formula is C16H12ClF2N3O2S. The largest absolute Gasteiger partial charge is 0.338 e. The highest BCUT2D eigenvalue weighted by atomic mass is 35.5. The first kappa shape index (κ1) is 17.6. The van der Waals surface area contributed by atoms with Gasteiger partial charge in [0, 0.05) is 12.6 Å². The molecule has 0 saturated carbocycles.